The Morgan fingerprint density at radius 1 is 1.47 bits per heavy atom. The largest absolute Gasteiger partial charge is 0.308 e. The Balaban J connectivity index is 2.34. The van der Waals surface area contributed by atoms with Gasteiger partial charge in [-0.15, -0.1) is 0 Å². The zero-order chi connectivity index (χ0) is 11.0. The fourth-order valence-corrected chi connectivity index (χ4v) is 2.52. The molecule has 0 spiro atoms. The summed E-state index contributed by atoms with van der Waals surface area (Å²) in [6.07, 6.45) is 0.485. The Kier molecular flexibility index (Phi) is 3.19. The molecule has 3 nitrogen and oxygen atoms in total. The minimum atomic E-state index is 0.0443. The van der Waals surface area contributed by atoms with Gasteiger partial charge in [-0.05, 0) is 12.1 Å². The summed E-state index contributed by atoms with van der Waals surface area (Å²) in [5.41, 5.74) is 0.619. The number of pyridine rings is 1. The van der Waals surface area contributed by atoms with E-state index in [1.165, 1.54) is 0 Å². The average Bonchev–Trinajstić information content (AvgIpc) is 2.45. The summed E-state index contributed by atoms with van der Waals surface area (Å²) >= 11 is 15.0. The van der Waals surface area contributed by atoms with Gasteiger partial charge in [0.1, 0.15) is 5.15 Å². The van der Waals surface area contributed by atoms with Gasteiger partial charge < -0.3 is 4.90 Å². The van der Waals surface area contributed by atoms with Crippen molar-refractivity contribution in [3.05, 3.63) is 22.4 Å². The summed E-state index contributed by atoms with van der Waals surface area (Å²) in [6.45, 7) is 0.613. The van der Waals surface area contributed by atoms with E-state index < -0.39 is 0 Å². The number of hydrogen-bond acceptors (Lipinski definition) is 2. The maximum atomic E-state index is 11.6. The first kappa shape index (κ1) is 11.2. The van der Waals surface area contributed by atoms with Crippen LogP contribution in [0.25, 0.3) is 0 Å². The zero-order valence-corrected chi connectivity index (χ0v) is 10.7. The molecular formula is C9H7BrCl2N2O. The highest BCUT2D eigenvalue weighted by Gasteiger charge is 2.30. The third-order valence-corrected chi connectivity index (χ3v) is 3.27. The summed E-state index contributed by atoms with van der Waals surface area (Å²) in [7, 11) is 0. The average molecular weight is 310 g/mol. The molecule has 0 N–H and O–H groups in total. The smallest absolute Gasteiger partial charge is 0.228 e. The van der Waals surface area contributed by atoms with Crippen LogP contribution in [0.4, 0.5) is 5.69 Å². The normalized spacial score (nSPS) is 21.1. The number of nitrogens with zero attached hydrogens (tertiary/aromatic N) is 2. The van der Waals surface area contributed by atoms with Gasteiger partial charge in [-0.25, -0.2) is 4.98 Å². The molecule has 0 aromatic carbocycles. The molecule has 1 amide bonds. The van der Waals surface area contributed by atoms with Crippen LogP contribution >= 0.6 is 39.1 Å². The first-order chi connectivity index (χ1) is 7.08. The van der Waals surface area contributed by atoms with E-state index in [0.29, 0.717) is 23.8 Å². The summed E-state index contributed by atoms with van der Waals surface area (Å²) in [5.74, 6) is 0.0443. The lowest BCUT2D eigenvalue weighted by Gasteiger charge is -2.16. The van der Waals surface area contributed by atoms with E-state index >= 15 is 0 Å². The SMILES string of the molecule is O=C1CC(Br)CN1c1ccc(Cl)nc1Cl. The quantitative estimate of drug-likeness (QED) is 0.590. The van der Waals surface area contributed by atoms with Gasteiger partial charge in [-0.3, -0.25) is 4.79 Å². The van der Waals surface area contributed by atoms with Crippen LogP contribution in [0, 0.1) is 0 Å². The molecule has 1 aliphatic rings. The summed E-state index contributed by atoms with van der Waals surface area (Å²) in [4.78, 5) is 17.3. The number of alkyl halides is 1. The first-order valence-electron chi connectivity index (χ1n) is 4.34. The van der Waals surface area contributed by atoms with E-state index in [2.05, 4.69) is 20.9 Å². The standard InChI is InChI=1S/C9H7BrCl2N2O/c10-5-3-8(15)14(4-5)6-1-2-7(11)13-9(6)12/h1-2,5H,3-4H2. The molecule has 1 aliphatic heterocycles. The number of amides is 1. The van der Waals surface area contributed by atoms with Crippen LogP contribution in [0.1, 0.15) is 6.42 Å². The Labute approximate surface area is 106 Å². The van der Waals surface area contributed by atoms with Gasteiger partial charge in [0.05, 0.1) is 5.69 Å². The number of rotatable bonds is 1. The van der Waals surface area contributed by atoms with E-state index in [1.54, 1.807) is 17.0 Å². The van der Waals surface area contributed by atoms with Gasteiger partial charge in [0.25, 0.3) is 0 Å². The molecule has 0 radical (unpaired) electrons. The van der Waals surface area contributed by atoms with Crippen molar-refractivity contribution in [2.45, 2.75) is 11.2 Å². The third kappa shape index (κ3) is 2.27. The molecule has 80 valence electrons. The molecule has 15 heavy (non-hydrogen) atoms. The molecule has 0 aliphatic carbocycles. The van der Waals surface area contributed by atoms with Crippen molar-refractivity contribution in [3.8, 4) is 0 Å². The van der Waals surface area contributed by atoms with E-state index in [0.717, 1.165) is 0 Å². The van der Waals surface area contributed by atoms with Crippen molar-refractivity contribution in [2.24, 2.45) is 0 Å². The van der Waals surface area contributed by atoms with Crippen molar-refractivity contribution in [1.29, 1.82) is 0 Å². The molecule has 2 rings (SSSR count). The van der Waals surface area contributed by atoms with Crippen molar-refractivity contribution >= 4 is 50.7 Å². The van der Waals surface area contributed by atoms with E-state index in [1.807, 2.05) is 0 Å². The molecule has 1 saturated heterocycles. The van der Waals surface area contributed by atoms with E-state index in [4.69, 9.17) is 23.2 Å². The lowest BCUT2D eigenvalue weighted by Crippen LogP contribution is -2.25. The predicted molar refractivity (Wildman–Crippen MR) is 63.9 cm³/mol. The number of carbonyl (C=O) groups excluding carboxylic acids is 1. The molecule has 1 atom stereocenters. The van der Waals surface area contributed by atoms with Crippen LogP contribution < -0.4 is 4.90 Å². The van der Waals surface area contributed by atoms with Crippen molar-refractivity contribution in [1.82, 2.24) is 4.98 Å². The Hall–Kier alpha value is -0.320. The van der Waals surface area contributed by atoms with Crippen LogP contribution in [0.15, 0.2) is 12.1 Å². The molecule has 2 heterocycles. The van der Waals surface area contributed by atoms with Gasteiger partial charge >= 0.3 is 0 Å². The second-order valence-electron chi connectivity index (χ2n) is 3.25. The lowest BCUT2D eigenvalue weighted by molar-refractivity contribution is -0.117. The van der Waals surface area contributed by atoms with Crippen molar-refractivity contribution in [2.75, 3.05) is 11.4 Å². The number of aromatic nitrogens is 1. The van der Waals surface area contributed by atoms with Gasteiger partial charge in [-0.2, -0.15) is 0 Å². The molecule has 0 bridgehead atoms. The van der Waals surface area contributed by atoms with Crippen LogP contribution in [-0.4, -0.2) is 22.3 Å². The van der Waals surface area contributed by atoms with Crippen LogP contribution in [0.3, 0.4) is 0 Å². The molecule has 1 aromatic heterocycles. The van der Waals surface area contributed by atoms with Crippen LogP contribution in [0.5, 0.6) is 0 Å². The molecule has 6 heteroatoms. The Morgan fingerprint density at radius 3 is 2.73 bits per heavy atom. The lowest BCUT2D eigenvalue weighted by atomic mass is 10.4. The summed E-state index contributed by atoms with van der Waals surface area (Å²) < 4.78 is 0. The first-order valence-corrected chi connectivity index (χ1v) is 6.01. The highest BCUT2D eigenvalue weighted by Crippen LogP contribution is 2.30. The van der Waals surface area contributed by atoms with Gasteiger partial charge in [0, 0.05) is 17.8 Å². The number of carbonyl (C=O) groups is 1. The Morgan fingerprint density at radius 2 is 2.20 bits per heavy atom. The minimum Gasteiger partial charge on any atom is -0.308 e. The van der Waals surface area contributed by atoms with Crippen LogP contribution in [-0.2, 0) is 4.79 Å². The summed E-state index contributed by atoms with van der Waals surface area (Å²) in [5, 5.41) is 0.586. The topological polar surface area (TPSA) is 33.2 Å². The van der Waals surface area contributed by atoms with Crippen LogP contribution in [0.2, 0.25) is 10.3 Å². The Bertz CT molecular complexity index is 413. The fourth-order valence-electron chi connectivity index (χ4n) is 1.50. The number of anilines is 1. The molecule has 1 unspecified atom stereocenters. The minimum absolute atomic E-state index is 0.0443. The third-order valence-electron chi connectivity index (χ3n) is 2.16. The zero-order valence-electron chi connectivity index (χ0n) is 7.58. The predicted octanol–water partition coefficient (Wildman–Crippen LogP) is 2.89. The van der Waals surface area contributed by atoms with Gasteiger partial charge in [0.2, 0.25) is 5.91 Å². The van der Waals surface area contributed by atoms with E-state index in [9.17, 15) is 4.79 Å². The second-order valence-corrected chi connectivity index (χ2v) is 5.29. The van der Waals surface area contributed by atoms with Gasteiger partial charge in [-0.1, -0.05) is 39.1 Å². The highest BCUT2D eigenvalue weighted by atomic mass is 79.9. The van der Waals surface area contributed by atoms with Crippen molar-refractivity contribution < 1.29 is 4.79 Å². The highest BCUT2D eigenvalue weighted by molar-refractivity contribution is 9.09. The monoisotopic (exact) mass is 308 g/mol. The molecule has 1 aromatic rings. The van der Waals surface area contributed by atoms with E-state index in [-0.39, 0.29) is 15.9 Å². The fraction of sp³-hybridized carbons (Fsp3) is 0.333. The van der Waals surface area contributed by atoms with Gasteiger partial charge in [0.15, 0.2) is 5.15 Å². The molecular weight excluding hydrogens is 303 g/mol. The maximum absolute atomic E-state index is 11.6. The number of hydrogen-bond donors (Lipinski definition) is 0. The molecule has 1 fully saturated rings. The second kappa shape index (κ2) is 4.28. The number of halogens is 3. The maximum Gasteiger partial charge on any atom is 0.228 e. The summed E-state index contributed by atoms with van der Waals surface area (Å²) in [6, 6.07) is 3.33. The van der Waals surface area contributed by atoms with Crippen molar-refractivity contribution in [3.63, 3.8) is 0 Å². The molecule has 0 saturated carbocycles.